The van der Waals surface area contributed by atoms with Crippen molar-refractivity contribution in [2.45, 2.75) is 13.3 Å². The molecule has 0 radical (unpaired) electrons. The minimum absolute atomic E-state index is 0.278. The van der Waals surface area contributed by atoms with E-state index in [-0.39, 0.29) is 11.6 Å². The Morgan fingerprint density at radius 2 is 2.53 bits per heavy atom. The van der Waals surface area contributed by atoms with Gasteiger partial charge in [0.15, 0.2) is 17.9 Å². The molecule has 0 aliphatic rings. The SMILES string of the molecule is CCc1ocnc1C(=O)Nc1cn[nH]n1. The minimum Gasteiger partial charge on any atom is -0.448 e. The average Bonchev–Trinajstić information content (AvgIpc) is 2.86. The molecular formula is C8H9N5O2. The van der Waals surface area contributed by atoms with E-state index in [2.05, 4.69) is 25.7 Å². The summed E-state index contributed by atoms with van der Waals surface area (Å²) >= 11 is 0. The number of anilines is 1. The van der Waals surface area contributed by atoms with Crippen LogP contribution in [0, 0.1) is 0 Å². The largest absolute Gasteiger partial charge is 0.448 e. The number of nitrogens with one attached hydrogen (secondary N) is 2. The molecule has 0 atom stereocenters. The lowest BCUT2D eigenvalue weighted by molar-refractivity contribution is 0.102. The summed E-state index contributed by atoms with van der Waals surface area (Å²) in [7, 11) is 0. The maximum atomic E-state index is 11.6. The zero-order valence-electron chi connectivity index (χ0n) is 8.02. The number of amides is 1. The number of aromatic nitrogens is 4. The molecule has 7 nitrogen and oxygen atoms in total. The maximum absolute atomic E-state index is 11.6. The molecule has 78 valence electrons. The van der Waals surface area contributed by atoms with Crippen LogP contribution in [0.5, 0.6) is 0 Å². The first-order valence-electron chi connectivity index (χ1n) is 4.40. The van der Waals surface area contributed by atoms with Gasteiger partial charge >= 0.3 is 0 Å². The highest BCUT2D eigenvalue weighted by Gasteiger charge is 2.15. The number of rotatable bonds is 3. The van der Waals surface area contributed by atoms with Crippen LogP contribution in [0.1, 0.15) is 23.2 Å². The molecule has 0 aromatic carbocycles. The molecule has 0 spiro atoms. The van der Waals surface area contributed by atoms with Crippen molar-refractivity contribution in [3.8, 4) is 0 Å². The second-order valence-electron chi connectivity index (χ2n) is 2.79. The second kappa shape index (κ2) is 3.91. The van der Waals surface area contributed by atoms with E-state index < -0.39 is 0 Å². The van der Waals surface area contributed by atoms with E-state index in [9.17, 15) is 4.79 Å². The van der Waals surface area contributed by atoms with Gasteiger partial charge in [-0.1, -0.05) is 6.92 Å². The fraction of sp³-hybridized carbons (Fsp3) is 0.250. The van der Waals surface area contributed by atoms with Crippen LogP contribution in [-0.2, 0) is 6.42 Å². The number of carbonyl (C=O) groups excluding carboxylic acids is 1. The molecule has 2 aromatic rings. The number of nitrogens with zero attached hydrogens (tertiary/aromatic N) is 3. The number of oxazole rings is 1. The molecular weight excluding hydrogens is 198 g/mol. The molecule has 1 amide bonds. The first-order valence-corrected chi connectivity index (χ1v) is 4.40. The molecule has 0 fully saturated rings. The van der Waals surface area contributed by atoms with E-state index in [4.69, 9.17) is 4.42 Å². The van der Waals surface area contributed by atoms with Crippen molar-refractivity contribution < 1.29 is 9.21 Å². The first kappa shape index (κ1) is 9.38. The van der Waals surface area contributed by atoms with E-state index >= 15 is 0 Å². The molecule has 2 rings (SSSR count). The maximum Gasteiger partial charge on any atom is 0.279 e. The summed E-state index contributed by atoms with van der Waals surface area (Å²) in [5.74, 6) is 0.551. The fourth-order valence-electron chi connectivity index (χ4n) is 1.14. The van der Waals surface area contributed by atoms with Gasteiger partial charge in [-0.2, -0.15) is 10.3 Å². The highest BCUT2D eigenvalue weighted by molar-refractivity contribution is 6.02. The van der Waals surface area contributed by atoms with Crippen molar-refractivity contribution in [3.05, 3.63) is 24.0 Å². The van der Waals surface area contributed by atoms with Gasteiger partial charge in [0, 0.05) is 6.42 Å². The lowest BCUT2D eigenvalue weighted by Crippen LogP contribution is -2.14. The molecule has 0 bridgehead atoms. The Labute approximate surface area is 84.9 Å². The predicted octanol–water partition coefficient (Wildman–Crippen LogP) is 0.607. The Morgan fingerprint density at radius 3 is 3.20 bits per heavy atom. The van der Waals surface area contributed by atoms with Crippen molar-refractivity contribution >= 4 is 11.7 Å². The van der Waals surface area contributed by atoms with Gasteiger partial charge < -0.3 is 9.73 Å². The van der Waals surface area contributed by atoms with E-state index in [1.807, 2.05) is 6.92 Å². The highest BCUT2D eigenvalue weighted by atomic mass is 16.3. The van der Waals surface area contributed by atoms with Gasteiger partial charge in [0.25, 0.3) is 5.91 Å². The van der Waals surface area contributed by atoms with Crippen LogP contribution >= 0.6 is 0 Å². The third kappa shape index (κ3) is 1.85. The van der Waals surface area contributed by atoms with Gasteiger partial charge in [0.2, 0.25) is 0 Å². The van der Waals surface area contributed by atoms with E-state index in [0.29, 0.717) is 18.0 Å². The molecule has 2 N–H and O–H groups in total. The van der Waals surface area contributed by atoms with Gasteiger partial charge in [-0.25, -0.2) is 4.98 Å². The third-order valence-corrected chi connectivity index (χ3v) is 1.83. The summed E-state index contributed by atoms with van der Waals surface area (Å²) in [6.45, 7) is 1.88. The topological polar surface area (TPSA) is 96.7 Å². The van der Waals surface area contributed by atoms with Gasteiger partial charge in [-0.15, -0.1) is 5.10 Å². The van der Waals surface area contributed by atoms with Crippen molar-refractivity contribution in [1.82, 2.24) is 20.4 Å². The van der Waals surface area contributed by atoms with Crippen LogP contribution in [0.2, 0.25) is 0 Å². The monoisotopic (exact) mass is 207 g/mol. The van der Waals surface area contributed by atoms with Crippen LogP contribution in [0.15, 0.2) is 17.0 Å². The van der Waals surface area contributed by atoms with E-state index in [0.717, 1.165) is 0 Å². The normalized spacial score (nSPS) is 10.2. The lowest BCUT2D eigenvalue weighted by Gasteiger charge is -1.98. The predicted molar refractivity (Wildman–Crippen MR) is 50.2 cm³/mol. The molecule has 0 aliphatic heterocycles. The van der Waals surface area contributed by atoms with Crippen LogP contribution in [0.25, 0.3) is 0 Å². The Morgan fingerprint density at radius 1 is 1.67 bits per heavy atom. The van der Waals surface area contributed by atoms with Crippen LogP contribution in [0.3, 0.4) is 0 Å². The third-order valence-electron chi connectivity index (χ3n) is 1.83. The van der Waals surface area contributed by atoms with Gasteiger partial charge in [-0.05, 0) is 0 Å². The van der Waals surface area contributed by atoms with E-state index in [1.165, 1.54) is 12.6 Å². The molecule has 0 unspecified atom stereocenters. The van der Waals surface area contributed by atoms with E-state index in [1.54, 1.807) is 0 Å². The number of aryl methyl sites for hydroxylation is 1. The van der Waals surface area contributed by atoms with Crippen molar-refractivity contribution in [1.29, 1.82) is 0 Å². The summed E-state index contributed by atoms with van der Waals surface area (Å²) in [5.41, 5.74) is 0.278. The van der Waals surface area contributed by atoms with Crippen molar-refractivity contribution in [2.75, 3.05) is 5.32 Å². The number of aromatic amines is 1. The molecule has 2 heterocycles. The van der Waals surface area contributed by atoms with Crippen molar-refractivity contribution in [3.63, 3.8) is 0 Å². The summed E-state index contributed by atoms with van der Waals surface area (Å²) in [5, 5.41) is 12.2. The summed E-state index contributed by atoms with van der Waals surface area (Å²) in [4.78, 5) is 15.5. The summed E-state index contributed by atoms with van der Waals surface area (Å²) < 4.78 is 5.04. The number of H-pyrrole nitrogens is 1. The molecule has 0 saturated heterocycles. The highest BCUT2D eigenvalue weighted by Crippen LogP contribution is 2.09. The molecule has 0 saturated carbocycles. The molecule has 7 heteroatoms. The Kier molecular flexibility index (Phi) is 2.44. The van der Waals surface area contributed by atoms with Gasteiger partial charge in [-0.3, -0.25) is 4.79 Å². The molecule has 2 aromatic heterocycles. The molecule has 15 heavy (non-hydrogen) atoms. The fourth-order valence-corrected chi connectivity index (χ4v) is 1.14. The molecule has 0 aliphatic carbocycles. The Balaban J connectivity index is 2.15. The number of hydrogen-bond acceptors (Lipinski definition) is 5. The minimum atomic E-state index is -0.352. The van der Waals surface area contributed by atoms with Crippen LogP contribution < -0.4 is 5.32 Å². The number of carbonyl (C=O) groups is 1. The second-order valence-corrected chi connectivity index (χ2v) is 2.79. The summed E-state index contributed by atoms with van der Waals surface area (Å²) in [6.07, 6.45) is 3.27. The average molecular weight is 207 g/mol. The zero-order chi connectivity index (χ0) is 10.7. The van der Waals surface area contributed by atoms with Gasteiger partial charge in [0.1, 0.15) is 5.76 Å². The summed E-state index contributed by atoms with van der Waals surface area (Å²) in [6, 6.07) is 0. The lowest BCUT2D eigenvalue weighted by atomic mass is 10.3. The van der Waals surface area contributed by atoms with Gasteiger partial charge in [0.05, 0.1) is 6.20 Å². The quantitative estimate of drug-likeness (QED) is 0.768. The zero-order valence-corrected chi connectivity index (χ0v) is 8.02. The van der Waals surface area contributed by atoms with Crippen LogP contribution in [-0.4, -0.2) is 26.3 Å². The number of hydrogen-bond donors (Lipinski definition) is 2. The first-order chi connectivity index (χ1) is 7.31. The van der Waals surface area contributed by atoms with Crippen molar-refractivity contribution in [2.24, 2.45) is 0 Å². The Bertz CT molecular complexity index is 447. The standard InChI is InChI=1S/C8H9N5O2/c1-2-5-7(9-4-15-5)8(14)11-6-3-10-13-12-6/h3-4H,2H2,1H3,(H2,10,11,12,13,14). The smallest absolute Gasteiger partial charge is 0.279 e. The Hall–Kier alpha value is -2.18. The van der Waals surface area contributed by atoms with Crippen LogP contribution in [0.4, 0.5) is 5.82 Å².